The molecule has 0 spiro atoms. The molecular formula is C32H33N5O2S. The van der Waals surface area contributed by atoms with Crippen LogP contribution in [0.25, 0.3) is 22.4 Å². The molecule has 2 aromatic heterocycles. The van der Waals surface area contributed by atoms with E-state index in [1.807, 2.05) is 41.8 Å². The van der Waals surface area contributed by atoms with Gasteiger partial charge in [0.05, 0.1) is 16.1 Å². The van der Waals surface area contributed by atoms with E-state index >= 15 is 0 Å². The largest absolute Gasteiger partial charge is 0.492 e. The Balaban J connectivity index is 1.000. The maximum atomic E-state index is 12.2. The molecule has 1 fully saturated rings. The van der Waals surface area contributed by atoms with Crippen molar-refractivity contribution in [2.24, 2.45) is 0 Å². The number of anilines is 2. The number of benzene rings is 3. The summed E-state index contributed by atoms with van der Waals surface area (Å²) >= 11 is 1.43. The van der Waals surface area contributed by atoms with Crippen molar-refractivity contribution in [3.05, 3.63) is 94.7 Å². The number of para-hydroxylation sites is 1. The molecule has 0 radical (unpaired) electrons. The molecule has 2 N–H and O–H groups in total. The zero-order chi connectivity index (χ0) is 27.3. The third-order valence-electron chi connectivity index (χ3n) is 7.37. The molecule has 6 rings (SSSR count). The predicted octanol–water partition coefficient (Wildman–Crippen LogP) is 6.31. The van der Waals surface area contributed by atoms with Crippen LogP contribution in [0, 0.1) is 0 Å². The molecule has 1 aliphatic heterocycles. The number of aromatic amines is 1. The number of nitrogens with one attached hydrogen (secondary N) is 2. The maximum absolute atomic E-state index is 12.2. The van der Waals surface area contributed by atoms with Crippen LogP contribution in [0.3, 0.4) is 0 Å². The van der Waals surface area contributed by atoms with E-state index in [9.17, 15) is 4.79 Å². The Morgan fingerprint density at radius 2 is 1.77 bits per heavy atom. The van der Waals surface area contributed by atoms with Gasteiger partial charge in [-0.05, 0) is 59.8 Å². The van der Waals surface area contributed by atoms with Crippen molar-refractivity contribution >= 4 is 39.7 Å². The number of imidazole rings is 1. The number of fused-ring (bicyclic) bond motifs is 1. The summed E-state index contributed by atoms with van der Waals surface area (Å²) in [5.41, 5.74) is 6.49. The third kappa shape index (κ3) is 5.88. The molecule has 8 heteroatoms. The lowest BCUT2D eigenvalue weighted by Gasteiger charge is -2.36. The van der Waals surface area contributed by atoms with Gasteiger partial charge < -0.3 is 19.9 Å². The van der Waals surface area contributed by atoms with Gasteiger partial charge in [0.15, 0.2) is 0 Å². The van der Waals surface area contributed by atoms with Crippen LogP contribution in [0.2, 0.25) is 0 Å². The van der Waals surface area contributed by atoms with E-state index in [0.717, 1.165) is 73.0 Å². The molecule has 3 heterocycles. The number of ether oxygens (including phenoxy) is 1. The van der Waals surface area contributed by atoms with Crippen molar-refractivity contribution < 1.29 is 9.53 Å². The number of aryl methyl sites for hydroxylation is 1. The molecule has 0 atom stereocenters. The molecule has 3 aromatic carbocycles. The summed E-state index contributed by atoms with van der Waals surface area (Å²) in [6.45, 7) is 7.51. The van der Waals surface area contributed by atoms with Gasteiger partial charge in [-0.1, -0.05) is 43.3 Å². The van der Waals surface area contributed by atoms with E-state index < -0.39 is 0 Å². The molecule has 0 unspecified atom stereocenters. The second kappa shape index (κ2) is 11.9. The fourth-order valence-corrected chi connectivity index (χ4v) is 5.67. The molecule has 7 nitrogen and oxygen atoms in total. The number of aromatic nitrogens is 2. The first-order valence-corrected chi connectivity index (χ1v) is 14.7. The van der Waals surface area contributed by atoms with Gasteiger partial charge in [0.1, 0.15) is 23.7 Å². The Hall–Kier alpha value is -4.14. The zero-order valence-corrected chi connectivity index (χ0v) is 23.4. The molecule has 40 heavy (non-hydrogen) atoms. The Kier molecular flexibility index (Phi) is 7.79. The summed E-state index contributed by atoms with van der Waals surface area (Å²) in [4.78, 5) is 26.3. The fraction of sp³-hybridized carbons (Fsp3) is 0.250. The zero-order valence-electron chi connectivity index (χ0n) is 22.6. The van der Waals surface area contributed by atoms with Crippen molar-refractivity contribution in [2.75, 3.05) is 49.5 Å². The SMILES string of the molecule is CCc1ccc(-c2nc3c(N4CCN(CCOc5ccc(NC(=O)c6cccs6)cc5)CC4)cccc3[nH]2)cc1. The van der Waals surface area contributed by atoms with Gasteiger partial charge in [-0.3, -0.25) is 9.69 Å². The van der Waals surface area contributed by atoms with Gasteiger partial charge >= 0.3 is 0 Å². The molecule has 1 amide bonds. The van der Waals surface area contributed by atoms with Crippen molar-refractivity contribution in [2.45, 2.75) is 13.3 Å². The van der Waals surface area contributed by atoms with E-state index in [-0.39, 0.29) is 5.91 Å². The van der Waals surface area contributed by atoms with E-state index in [2.05, 4.69) is 69.5 Å². The highest BCUT2D eigenvalue weighted by Crippen LogP contribution is 2.29. The smallest absolute Gasteiger partial charge is 0.265 e. The standard InChI is InChI=1S/C32H33N5O2S/c1-2-23-8-10-24(11-9-23)31-34-27-5-3-6-28(30(27)35-31)37-18-16-36(17-19-37)20-21-39-26-14-12-25(13-15-26)33-32(38)29-7-4-22-40-29/h3-15,22H,2,16-21H2,1H3,(H,33,38)(H,34,35). The normalized spacial score (nSPS) is 14.0. The quantitative estimate of drug-likeness (QED) is 0.225. The molecule has 0 saturated carbocycles. The van der Waals surface area contributed by atoms with Crippen LogP contribution < -0.4 is 15.0 Å². The lowest BCUT2D eigenvalue weighted by Crippen LogP contribution is -2.47. The van der Waals surface area contributed by atoms with E-state index in [0.29, 0.717) is 11.5 Å². The fourth-order valence-electron chi connectivity index (χ4n) is 5.05. The van der Waals surface area contributed by atoms with Crippen molar-refractivity contribution in [1.29, 1.82) is 0 Å². The number of thiophene rings is 1. The van der Waals surface area contributed by atoms with Crippen molar-refractivity contribution in [3.8, 4) is 17.1 Å². The number of hydrogen-bond donors (Lipinski definition) is 2. The molecular weight excluding hydrogens is 518 g/mol. The van der Waals surface area contributed by atoms with Gasteiger partial charge in [0, 0.05) is 44.0 Å². The maximum Gasteiger partial charge on any atom is 0.265 e. The second-order valence-corrected chi connectivity index (χ2v) is 10.9. The Morgan fingerprint density at radius 1 is 0.975 bits per heavy atom. The monoisotopic (exact) mass is 551 g/mol. The highest BCUT2D eigenvalue weighted by Gasteiger charge is 2.20. The molecule has 0 aliphatic carbocycles. The first kappa shape index (κ1) is 26.1. The van der Waals surface area contributed by atoms with E-state index in [4.69, 9.17) is 9.72 Å². The first-order valence-electron chi connectivity index (χ1n) is 13.8. The molecule has 1 saturated heterocycles. The topological polar surface area (TPSA) is 73.5 Å². The minimum atomic E-state index is -0.0894. The van der Waals surface area contributed by atoms with Crippen LogP contribution in [-0.2, 0) is 6.42 Å². The predicted molar refractivity (Wildman–Crippen MR) is 164 cm³/mol. The van der Waals surface area contributed by atoms with Crippen molar-refractivity contribution in [1.82, 2.24) is 14.9 Å². The average molecular weight is 552 g/mol. The van der Waals surface area contributed by atoms with Crippen LogP contribution >= 0.6 is 11.3 Å². The van der Waals surface area contributed by atoms with Crippen LogP contribution in [0.1, 0.15) is 22.2 Å². The highest BCUT2D eigenvalue weighted by molar-refractivity contribution is 7.12. The summed E-state index contributed by atoms with van der Waals surface area (Å²) in [7, 11) is 0. The Morgan fingerprint density at radius 3 is 2.50 bits per heavy atom. The number of carbonyl (C=O) groups excluding carboxylic acids is 1. The molecule has 5 aromatic rings. The number of carbonyl (C=O) groups is 1. The van der Waals surface area contributed by atoms with Gasteiger partial charge in [0.25, 0.3) is 5.91 Å². The van der Waals surface area contributed by atoms with Gasteiger partial charge in [-0.15, -0.1) is 11.3 Å². The summed E-state index contributed by atoms with van der Waals surface area (Å²) in [6.07, 6.45) is 1.03. The van der Waals surface area contributed by atoms with E-state index in [1.54, 1.807) is 0 Å². The molecule has 0 bridgehead atoms. The van der Waals surface area contributed by atoms with Gasteiger partial charge in [-0.25, -0.2) is 4.98 Å². The second-order valence-electron chi connectivity index (χ2n) is 9.94. The summed E-state index contributed by atoms with van der Waals surface area (Å²) in [6, 6.07) is 26.3. The van der Waals surface area contributed by atoms with E-state index in [1.165, 1.54) is 22.6 Å². The van der Waals surface area contributed by atoms with Gasteiger partial charge in [0.2, 0.25) is 0 Å². The number of amides is 1. The van der Waals surface area contributed by atoms with Crippen LogP contribution in [0.4, 0.5) is 11.4 Å². The van der Waals surface area contributed by atoms with Crippen LogP contribution in [0.15, 0.2) is 84.2 Å². The Labute approximate surface area is 238 Å². The number of rotatable bonds is 9. The molecule has 204 valence electrons. The van der Waals surface area contributed by atoms with Gasteiger partial charge in [-0.2, -0.15) is 0 Å². The number of H-pyrrole nitrogens is 1. The minimum absolute atomic E-state index is 0.0894. The molecule has 1 aliphatic rings. The summed E-state index contributed by atoms with van der Waals surface area (Å²) in [5.74, 6) is 1.63. The lowest BCUT2D eigenvalue weighted by molar-refractivity contribution is 0.103. The van der Waals surface area contributed by atoms with Crippen LogP contribution in [0.5, 0.6) is 5.75 Å². The van der Waals surface area contributed by atoms with Crippen molar-refractivity contribution in [3.63, 3.8) is 0 Å². The summed E-state index contributed by atoms with van der Waals surface area (Å²) in [5, 5.41) is 4.82. The number of nitrogens with zero attached hydrogens (tertiary/aromatic N) is 3. The number of hydrogen-bond acceptors (Lipinski definition) is 6. The Bertz CT molecular complexity index is 1550. The number of piperazine rings is 1. The first-order chi connectivity index (χ1) is 19.7. The van der Waals surface area contributed by atoms with Crippen LogP contribution in [-0.4, -0.2) is 60.1 Å². The highest BCUT2D eigenvalue weighted by atomic mass is 32.1. The summed E-state index contributed by atoms with van der Waals surface area (Å²) < 4.78 is 5.99. The third-order valence-corrected chi connectivity index (χ3v) is 8.24. The lowest BCUT2D eigenvalue weighted by atomic mass is 10.1. The average Bonchev–Trinajstić information content (AvgIpc) is 3.69. The minimum Gasteiger partial charge on any atom is -0.492 e.